The summed E-state index contributed by atoms with van der Waals surface area (Å²) in [4.78, 5) is 2.52. The van der Waals surface area contributed by atoms with Crippen LogP contribution in [0.25, 0.3) is 0 Å². The molecule has 2 atom stereocenters. The fourth-order valence-corrected chi connectivity index (χ4v) is 3.75. The van der Waals surface area contributed by atoms with Gasteiger partial charge >= 0.3 is 0 Å². The molecule has 4 heteroatoms. The first-order chi connectivity index (χ1) is 10.3. The van der Waals surface area contributed by atoms with Gasteiger partial charge in [0.15, 0.2) is 0 Å². The highest BCUT2D eigenvalue weighted by Crippen LogP contribution is 2.32. The van der Waals surface area contributed by atoms with Crippen LogP contribution in [0.3, 0.4) is 0 Å². The van der Waals surface area contributed by atoms with Gasteiger partial charge in [0.2, 0.25) is 0 Å². The molecule has 0 aromatic heterocycles. The lowest BCUT2D eigenvalue weighted by atomic mass is 9.89. The van der Waals surface area contributed by atoms with E-state index in [1.54, 1.807) is 0 Å². The normalized spacial score (nSPS) is 21.5. The molecule has 0 radical (unpaired) electrons. The van der Waals surface area contributed by atoms with Gasteiger partial charge < -0.3 is 5.73 Å². The Morgan fingerprint density at radius 3 is 2.50 bits per heavy atom. The Kier molecular flexibility index (Phi) is 6.45. The van der Waals surface area contributed by atoms with Crippen molar-refractivity contribution in [2.24, 2.45) is 11.7 Å². The quantitative estimate of drug-likeness (QED) is 0.866. The molecule has 1 heterocycles. The zero-order valence-corrected chi connectivity index (χ0v) is 14.9. The first-order valence-electron chi connectivity index (χ1n) is 7.48. The van der Waals surface area contributed by atoms with Crippen molar-refractivity contribution in [1.29, 1.82) is 0 Å². The molecule has 2 aromatic carbocycles. The van der Waals surface area contributed by atoms with E-state index in [1.807, 2.05) is 0 Å². The molecule has 0 aliphatic carbocycles. The van der Waals surface area contributed by atoms with Crippen LogP contribution in [0.15, 0.2) is 59.1 Å². The average Bonchev–Trinajstić information content (AvgIpc) is 2.91. The first kappa shape index (κ1) is 17.5. The average molecular weight is 382 g/mol. The molecule has 1 fully saturated rings. The molecule has 0 unspecified atom stereocenters. The summed E-state index contributed by atoms with van der Waals surface area (Å²) in [5.41, 5.74) is 8.78. The van der Waals surface area contributed by atoms with Crippen LogP contribution in [0.5, 0.6) is 0 Å². The van der Waals surface area contributed by atoms with Crippen LogP contribution >= 0.6 is 28.3 Å². The molecule has 0 spiro atoms. The Balaban J connectivity index is 0.00000176. The second kappa shape index (κ2) is 8.11. The van der Waals surface area contributed by atoms with E-state index in [4.69, 9.17) is 5.73 Å². The van der Waals surface area contributed by atoms with Gasteiger partial charge in [-0.2, -0.15) is 0 Å². The summed E-state index contributed by atoms with van der Waals surface area (Å²) in [6, 6.07) is 19.4. The molecule has 2 aromatic rings. The molecular formula is C18H22BrClN2. The summed E-state index contributed by atoms with van der Waals surface area (Å²) in [5.74, 6) is 1.11. The minimum absolute atomic E-state index is 0. The zero-order valence-electron chi connectivity index (χ0n) is 12.5. The lowest BCUT2D eigenvalue weighted by Crippen LogP contribution is -2.23. The number of benzene rings is 2. The van der Waals surface area contributed by atoms with Gasteiger partial charge in [-0.05, 0) is 35.7 Å². The molecule has 22 heavy (non-hydrogen) atoms. The second-order valence-electron chi connectivity index (χ2n) is 5.84. The van der Waals surface area contributed by atoms with Crippen molar-refractivity contribution in [1.82, 2.24) is 4.90 Å². The van der Waals surface area contributed by atoms with E-state index < -0.39 is 0 Å². The largest absolute Gasteiger partial charge is 0.330 e. The summed E-state index contributed by atoms with van der Waals surface area (Å²) in [6.45, 7) is 3.94. The Bertz CT molecular complexity index is 591. The van der Waals surface area contributed by atoms with Crippen LogP contribution in [0.1, 0.15) is 17.0 Å². The predicted octanol–water partition coefficient (Wildman–Crippen LogP) is 4.05. The number of likely N-dealkylation sites (tertiary alicyclic amines) is 1. The Morgan fingerprint density at radius 2 is 1.82 bits per heavy atom. The number of hydrogen-bond donors (Lipinski definition) is 1. The van der Waals surface area contributed by atoms with E-state index in [0.29, 0.717) is 11.8 Å². The highest BCUT2D eigenvalue weighted by Gasteiger charge is 2.32. The topological polar surface area (TPSA) is 29.3 Å². The van der Waals surface area contributed by atoms with Crippen molar-refractivity contribution in [2.45, 2.75) is 12.5 Å². The minimum atomic E-state index is 0. The van der Waals surface area contributed by atoms with Crippen LogP contribution in [0.4, 0.5) is 0 Å². The molecule has 0 saturated carbocycles. The van der Waals surface area contributed by atoms with Gasteiger partial charge in [0.25, 0.3) is 0 Å². The van der Waals surface area contributed by atoms with Crippen molar-refractivity contribution in [3.05, 3.63) is 70.2 Å². The lowest BCUT2D eigenvalue weighted by molar-refractivity contribution is 0.317. The first-order valence-corrected chi connectivity index (χ1v) is 8.27. The van der Waals surface area contributed by atoms with Crippen molar-refractivity contribution < 1.29 is 0 Å². The van der Waals surface area contributed by atoms with E-state index in [9.17, 15) is 0 Å². The third-order valence-electron chi connectivity index (χ3n) is 4.34. The molecule has 0 bridgehead atoms. The summed E-state index contributed by atoms with van der Waals surface area (Å²) in [6.07, 6.45) is 0. The van der Waals surface area contributed by atoms with E-state index in [-0.39, 0.29) is 12.4 Å². The third kappa shape index (κ3) is 4.11. The van der Waals surface area contributed by atoms with Crippen LogP contribution in [0.2, 0.25) is 0 Å². The molecule has 118 valence electrons. The highest BCUT2D eigenvalue weighted by molar-refractivity contribution is 9.10. The van der Waals surface area contributed by atoms with E-state index >= 15 is 0 Å². The summed E-state index contributed by atoms with van der Waals surface area (Å²) in [5, 5.41) is 0. The molecule has 1 aliphatic heterocycles. The van der Waals surface area contributed by atoms with Gasteiger partial charge in [0.05, 0.1) is 0 Å². The standard InChI is InChI=1S/C18H21BrN2.ClH/c19-17-8-4-5-14(9-17)11-21-12-16(10-20)18(13-21)15-6-2-1-3-7-15;/h1-9,16,18H,10-13,20H2;1H/t16-,18+;/m1./s1. The van der Waals surface area contributed by atoms with E-state index in [0.717, 1.165) is 30.7 Å². The number of nitrogens with two attached hydrogens (primary N) is 1. The predicted molar refractivity (Wildman–Crippen MR) is 98.4 cm³/mol. The van der Waals surface area contributed by atoms with Gasteiger partial charge in [-0.3, -0.25) is 4.90 Å². The van der Waals surface area contributed by atoms with Crippen LogP contribution in [-0.2, 0) is 6.54 Å². The Labute approximate surface area is 147 Å². The van der Waals surface area contributed by atoms with Crippen molar-refractivity contribution in [3.8, 4) is 0 Å². The van der Waals surface area contributed by atoms with Gasteiger partial charge in [0, 0.05) is 30.0 Å². The van der Waals surface area contributed by atoms with E-state index in [1.165, 1.54) is 11.1 Å². The highest BCUT2D eigenvalue weighted by atomic mass is 79.9. The lowest BCUT2D eigenvalue weighted by Gasteiger charge is -2.17. The molecule has 2 N–H and O–H groups in total. The number of rotatable bonds is 4. The maximum absolute atomic E-state index is 6.01. The smallest absolute Gasteiger partial charge is 0.0234 e. The third-order valence-corrected chi connectivity index (χ3v) is 4.84. The van der Waals surface area contributed by atoms with Crippen molar-refractivity contribution >= 4 is 28.3 Å². The van der Waals surface area contributed by atoms with Crippen LogP contribution in [-0.4, -0.2) is 24.5 Å². The number of hydrogen-bond acceptors (Lipinski definition) is 2. The van der Waals surface area contributed by atoms with Gasteiger partial charge in [-0.15, -0.1) is 12.4 Å². The number of halogens is 2. The summed E-state index contributed by atoms with van der Waals surface area (Å²) in [7, 11) is 0. The molecular weight excluding hydrogens is 360 g/mol. The zero-order chi connectivity index (χ0) is 14.7. The SMILES string of the molecule is Cl.NC[C@@H]1CN(Cc2cccc(Br)c2)C[C@H]1c1ccccc1. The minimum Gasteiger partial charge on any atom is -0.330 e. The maximum atomic E-state index is 6.01. The molecule has 3 rings (SSSR count). The van der Waals surface area contributed by atoms with Gasteiger partial charge in [-0.25, -0.2) is 0 Å². The van der Waals surface area contributed by atoms with Gasteiger partial charge in [-0.1, -0.05) is 58.4 Å². The monoisotopic (exact) mass is 380 g/mol. The van der Waals surface area contributed by atoms with E-state index in [2.05, 4.69) is 75.4 Å². The van der Waals surface area contributed by atoms with Crippen molar-refractivity contribution in [2.75, 3.05) is 19.6 Å². The molecule has 1 aliphatic rings. The summed E-state index contributed by atoms with van der Waals surface area (Å²) < 4.78 is 1.15. The number of nitrogens with zero attached hydrogens (tertiary/aromatic N) is 1. The Morgan fingerprint density at radius 1 is 1.05 bits per heavy atom. The van der Waals surface area contributed by atoms with Gasteiger partial charge in [0.1, 0.15) is 0 Å². The fraction of sp³-hybridized carbons (Fsp3) is 0.333. The Hall–Kier alpha value is -0.870. The second-order valence-corrected chi connectivity index (χ2v) is 6.75. The molecule has 0 amide bonds. The fourth-order valence-electron chi connectivity index (χ4n) is 3.30. The summed E-state index contributed by atoms with van der Waals surface area (Å²) >= 11 is 3.55. The molecule has 2 nitrogen and oxygen atoms in total. The van der Waals surface area contributed by atoms with Crippen molar-refractivity contribution in [3.63, 3.8) is 0 Å². The molecule has 1 saturated heterocycles. The maximum Gasteiger partial charge on any atom is 0.0234 e. The van der Waals surface area contributed by atoms with Crippen LogP contribution in [0, 0.1) is 5.92 Å². The van der Waals surface area contributed by atoms with Crippen LogP contribution < -0.4 is 5.73 Å².